The van der Waals surface area contributed by atoms with E-state index in [0.29, 0.717) is 5.92 Å². The highest BCUT2D eigenvalue weighted by Crippen LogP contribution is 2.62. The lowest BCUT2D eigenvalue weighted by molar-refractivity contribution is 0.136. The second kappa shape index (κ2) is 3.02. The van der Waals surface area contributed by atoms with Gasteiger partial charge in [-0.25, -0.2) is 9.97 Å². The maximum atomic E-state index is 10.1. The lowest BCUT2D eigenvalue weighted by Crippen LogP contribution is -2.05. The lowest BCUT2D eigenvalue weighted by atomic mass is 10.0. The number of nitrogens with zero attached hydrogens (tertiary/aromatic N) is 2. The van der Waals surface area contributed by atoms with Crippen molar-refractivity contribution in [1.82, 2.24) is 9.97 Å². The molecular formula is C11H14N2O. The van der Waals surface area contributed by atoms with Crippen molar-refractivity contribution in [3.05, 3.63) is 24.3 Å². The van der Waals surface area contributed by atoms with Crippen molar-refractivity contribution in [1.29, 1.82) is 0 Å². The van der Waals surface area contributed by atoms with E-state index in [0.717, 1.165) is 17.4 Å². The van der Waals surface area contributed by atoms with Crippen LogP contribution in [0, 0.1) is 17.8 Å². The van der Waals surface area contributed by atoms with E-state index in [-0.39, 0.29) is 6.10 Å². The van der Waals surface area contributed by atoms with Gasteiger partial charge in [0, 0.05) is 18.0 Å². The Hall–Kier alpha value is -0.960. The summed E-state index contributed by atoms with van der Waals surface area (Å²) in [4.78, 5) is 7.88. The Balaban J connectivity index is 1.75. The second-order valence-electron chi connectivity index (χ2n) is 4.45. The number of aromatic nitrogens is 2. The van der Waals surface area contributed by atoms with Crippen LogP contribution in [0.1, 0.15) is 30.9 Å². The van der Waals surface area contributed by atoms with Gasteiger partial charge in [0.15, 0.2) is 0 Å². The number of aliphatic hydroxyl groups is 1. The molecule has 74 valence electrons. The molecule has 3 unspecified atom stereocenters. The molecule has 14 heavy (non-hydrogen) atoms. The highest BCUT2D eigenvalue weighted by molar-refractivity contribution is 5.15. The summed E-state index contributed by atoms with van der Waals surface area (Å²) >= 11 is 0. The van der Waals surface area contributed by atoms with E-state index in [2.05, 4.69) is 9.97 Å². The lowest BCUT2D eigenvalue weighted by Gasteiger charge is -2.11. The van der Waals surface area contributed by atoms with Crippen LogP contribution in [0.15, 0.2) is 18.7 Å². The van der Waals surface area contributed by atoms with Crippen LogP contribution < -0.4 is 0 Å². The van der Waals surface area contributed by atoms with Gasteiger partial charge in [0.2, 0.25) is 0 Å². The van der Waals surface area contributed by atoms with Crippen LogP contribution in [0.5, 0.6) is 0 Å². The third-order valence-electron chi connectivity index (χ3n) is 3.76. The van der Waals surface area contributed by atoms with Crippen molar-refractivity contribution in [2.24, 2.45) is 17.8 Å². The first-order valence-corrected chi connectivity index (χ1v) is 5.31. The summed E-state index contributed by atoms with van der Waals surface area (Å²) in [5.74, 6) is 2.06. The normalized spacial score (nSPS) is 36.5. The monoisotopic (exact) mass is 190 g/mol. The summed E-state index contributed by atoms with van der Waals surface area (Å²) in [6, 6.07) is 0. The minimum atomic E-state index is -0.327. The fourth-order valence-electron chi connectivity index (χ4n) is 3.03. The molecule has 3 atom stereocenters. The molecule has 2 aliphatic carbocycles. The molecule has 0 aromatic carbocycles. The maximum Gasteiger partial charge on any atom is 0.115 e. The molecule has 0 saturated heterocycles. The van der Waals surface area contributed by atoms with Crippen molar-refractivity contribution in [2.45, 2.75) is 25.4 Å². The Bertz CT molecular complexity index is 317. The standard InChI is InChI=1S/C11H14N2O/c14-11(7-4-12-6-13-5-7)10-8-2-1-3-9(8)10/h4-6,8-11,14H,1-3H2. The average Bonchev–Trinajstić information content (AvgIpc) is 2.72. The zero-order chi connectivity index (χ0) is 9.54. The molecular weight excluding hydrogens is 176 g/mol. The molecule has 3 nitrogen and oxygen atoms in total. The first-order chi connectivity index (χ1) is 6.88. The molecule has 1 aromatic heterocycles. The molecule has 0 bridgehead atoms. The van der Waals surface area contributed by atoms with Crippen LogP contribution in [0.25, 0.3) is 0 Å². The Morgan fingerprint density at radius 1 is 1.21 bits per heavy atom. The Morgan fingerprint density at radius 2 is 1.86 bits per heavy atom. The average molecular weight is 190 g/mol. The fourth-order valence-corrected chi connectivity index (χ4v) is 3.03. The van der Waals surface area contributed by atoms with Crippen LogP contribution >= 0.6 is 0 Å². The Labute approximate surface area is 83.2 Å². The second-order valence-corrected chi connectivity index (χ2v) is 4.45. The van der Waals surface area contributed by atoms with E-state index < -0.39 is 0 Å². The largest absolute Gasteiger partial charge is 0.388 e. The molecule has 1 N–H and O–H groups in total. The first-order valence-electron chi connectivity index (χ1n) is 5.31. The van der Waals surface area contributed by atoms with Gasteiger partial charge in [0.25, 0.3) is 0 Å². The minimum absolute atomic E-state index is 0.327. The quantitative estimate of drug-likeness (QED) is 0.769. The third kappa shape index (κ3) is 1.16. The van der Waals surface area contributed by atoms with Crippen LogP contribution in [-0.4, -0.2) is 15.1 Å². The fraction of sp³-hybridized carbons (Fsp3) is 0.636. The van der Waals surface area contributed by atoms with E-state index in [1.165, 1.54) is 25.6 Å². The molecule has 3 heteroatoms. The zero-order valence-corrected chi connectivity index (χ0v) is 8.00. The summed E-state index contributed by atoms with van der Waals surface area (Å²) in [6.45, 7) is 0. The van der Waals surface area contributed by atoms with E-state index >= 15 is 0 Å². The zero-order valence-electron chi connectivity index (χ0n) is 8.00. The van der Waals surface area contributed by atoms with Gasteiger partial charge in [0.1, 0.15) is 6.33 Å². The molecule has 3 rings (SSSR count). The van der Waals surface area contributed by atoms with Crippen molar-refractivity contribution in [3.8, 4) is 0 Å². The van der Waals surface area contributed by atoms with Crippen LogP contribution in [0.2, 0.25) is 0 Å². The predicted octanol–water partition coefficient (Wildman–Crippen LogP) is 1.56. The van der Waals surface area contributed by atoms with Crippen molar-refractivity contribution in [2.75, 3.05) is 0 Å². The number of fused-ring (bicyclic) bond motifs is 1. The van der Waals surface area contributed by atoms with Gasteiger partial charge in [0.05, 0.1) is 6.10 Å². The van der Waals surface area contributed by atoms with Crippen molar-refractivity contribution < 1.29 is 5.11 Å². The van der Waals surface area contributed by atoms with Gasteiger partial charge in [-0.3, -0.25) is 0 Å². The first kappa shape index (κ1) is 8.36. The molecule has 1 aromatic rings. The molecule has 0 amide bonds. The highest BCUT2D eigenvalue weighted by Gasteiger charge is 2.55. The van der Waals surface area contributed by atoms with Gasteiger partial charge >= 0.3 is 0 Å². The van der Waals surface area contributed by atoms with Crippen molar-refractivity contribution >= 4 is 0 Å². The molecule has 0 spiro atoms. The number of hydrogen-bond donors (Lipinski definition) is 1. The highest BCUT2D eigenvalue weighted by atomic mass is 16.3. The van der Waals surface area contributed by atoms with Crippen LogP contribution in [-0.2, 0) is 0 Å². The number of aliphatic hydroxyl groups excluding tert-OH is 1. The van der Waals surface area contributed by atoms with Gasteiger partial charge in [-0.2, -0.15) is 0 Å². The Kier molecular flexibility index (Phi) is 1.80. The maximum absolute atomic E-state index is 10.1. The SMILES string of the molecule is OC(c1cncnc1)C1C2CCCC21. The van der Waals surface area contributed by atoms with Gasteiger partial charge in [-0.15, -0.1) is 0 Å². The predicted molar refractivity (Wildman–Crippen MR) is 51.3 cm³/mol. The summed E-state index contributed by atoms with van der Waals surface area (Å²) < 4.78 is 0. The molecule has 2 saturated carbocycles. The van der Waals surface area contributed by atoms with Gasteiger partial charge in [-0.05, 0) is 30.6 Å². The topological polar surface area (TPSA) is 46.0 Å². The van der Waals surface area contributed by atoms with Gasteiger partial charge < -0.3 is 5.11 Å². The summed E-state index contributed by atoms with van der Waals surface area (Å²) in [5, 5.41) is 10.1. The molecule has 2 aliphatic rings. The van der Waals surface area contributed by atoms with Crippen molar-refractivity contribution in [3.63, 3.8) is 0 Å². The summed E-state index contributed by atoms with van der Waals surface area (Å²) in [6.07, 6.45) is 8.59. The van der Waals surface area contributed by atoms with E-state index in [4.69, 9.17) is 0 Å². The number of rotatable bonds is 2. The van der Waals surface area contributed by atoms with E-state index in [1.807, 2.05) is 0 Å². The van der Waals surface area contributed by atoms with Crippen LogP contribution in [0.4, 0.5) is 0 Å². The van der Waals surface area contributed by atoms with Gasteiger partial charge in [-0.1, -0.05) is 6.42 Å². The minimum Gasteiger partial charge on any atom is -0.388 e. The van der Waals surface area contributed by atoms with Crippen LogP contribution in [0.3, 0.4) is 0 Å². The third-order valence-corrected chi connectivity index (χ3v) is 3.76. The van der Waals surface area contributed by atoms with E-state index in [9.17, 15) is 5.11 Å². The van der Waals surface area contributed by atoms with E-state index in [1.54, 1.807) is 12.4 Å². The Morgan fingerprint density at radius 3 is 2.50 bits per heavy atom. The number of hydrogen-bond acceptors (Lipinski definition) is 3. The molecule has 0 aliphatic heterocycles. The smallest absolute Gasteiger partial charge is 0.115 e. The molecule has 1 heterocycles. The summed E-state index contributed by atoms with van der Waals surface area (Å²) in [7, 11) is 0. The molecule has 2 fully saturated rings. The summed E-state index contributed by atoms with van der Waals surface area (Å²) in [5.41, 5.74) is 0.881. The molecule has 0 radical (unpaired) electrons.